The Morgan fingerprint density at radius 2 is 2.17 bits per heavy atom. The highest BCUT2D eigenvalue weighted by Crippen LogP contribution is 2.51. The monoisotopic (exact) mass is 311 g/mol. The van der Waals surface area contributed by atoms with Crippen molar-refractivity contribution in [3.05, 3.63) is 28.2 Å². The number of carbonyl (C=O) groups excluding carboxylic acids is 1. The van der Waals surface area contributed by atoms with Crippen LogP contribution in [0.1, 0.15) is 37.0 Å². The number of phenols is 1. The van der Waals surface area contributed by atoms with Crippen molar-refractivity contribution in [2.24, 2.45) is 11.3 Å². The number of benzene rings is 1. The van der Waals surface area contributed by atoms with Gasteiger partial charge in [-0.25, -0.2) is 0 Å². The average Bonchev–Trinajstić information content (AvgIpc) is 3.11. The minimum absolute atomic E-state index is 0.0904. The Morgan fingerprint density at radius 1 is 1.50 bits per heavy atom. The zero-order valence-corrected chi connectivity index (χ0v) is 12.3. The van der Waals surface area contributed by atoms with E-state index in [0.29, 0.717) is 21.4 Å². The van der Waals surface area contributed by atoms with E-state index < -0.39 is 0 Å². The molecule has 0 aromatic heterocycles. The lowest BCUT2D eigenvalue weighted by Gasteiger charge is -2.20. The van der Waals surface area contributed by atoms with Crippen LogP contribution in [0.5, 0.6) is 5.75 Å². The van der Waals surface area contributed by atoms with Gasteiger partial charge >= 0.3 is 0 Å². The Bertz CT molecular complexity index is 467. The maximum atomic E-state index is 12.0. The lowest BCUT2D eigenvalue weighted by molar-refractivity contribution is 0.0939. The molecule has 2 N–H and O–H groups in total. The minimum atomic E-state index is -0.121. The first kappa shape index (κ1) is 13.4. The van der Waals surface area contributed by atoms with Crippen LogP contribution in [0.15, 0.2) is 22.7 Å². The summed E-state index contributed by atoms with van der Waals surface area (Å²) in [5.41, 5.74) is 0.794. The largest absolute Gasteiger partial charge is 0.507 e. The summed E-state index contributed by atoms with van der Waals surface area (Å²) in [5, 5.41) is 12.5. The molecule has 0 aliphatic heterocycles. The van der Waals surface area contributed by atoms with Crippen LogP contribution in [0.4, 0.5) is 0 Å². The molecule has 1 aliphatic rings. The topological polar surface area (TPSA) is 49.3 Å². The van der Waals surface area contributed by atoms with Crippen molar-refractivity contribution in [3.8, 4) is 5.75 Å². The Morgan fingerprint density at radius 3 is 2.67 bits per heavy atom. The molecule has 18 heavy (non-hydrogen) atoms. The van der Waals surface area contributed by atoms with Gasteiger partial charge in [0.1, 0.15) is 5.75 Å². The average molecular weight is 312 g/mol. The van der Waals surface area contributed by atoms with Crippen molar-refractivity contribution in [2.45, 2.75) is 26.7 Å². The van der Waals surface area contributed by atoms with E-state index in [1.54, 1.807) is 12.1 Å². The van der Waals surface area contributed by atoms with Crippen LogP contribution in [0.25, 0.3) is 0 Å². The normalized spacial score (nSPS) is 16.7. The zero-order chi connectivity index (χ0) is 13.3. The minimum Gasteiger partial charge on any atom is -0.507 e. The number of phenolic OH excluding ortho intramolecular Hbond substituents is 1. The first-order valence-corrected chi connectivity index (χ1v) is 7.01. The Hall–Kier alpha value is -1.03. The van der Waals surface area contributed by atoms with Gasteiger partial charge in [-0.05, 0) is 58.3 Å². The third kappa shape index (κ3) is 2.69. The van der Waals surface area contributed by atoms with Crippen molar-refractivity contribution in [2.75, 3.05) is 6.54 Å². The molecular formula is C14H18BrNO2. The summed E-state index contributed by atoms with van der Waals surface area (Å²) < 4.78 is 0.597. The van der Waals surface area contributed by atoms with E-state index in [-0.39, 0.29) is 11.7 Å². The van der Waals surface area contributed by atoms with Crippen molar-refractivity contribution < 1.29 is 9.90 Å². The molecule has 0 heterocycles. The van der Waals surface area contributed by atoms with Gasteiger partial charge in [0.15, 0.2) is 0 Å². The molecule has 0 radical (unpaired) electrons. The molecule has 1 saturated carbocycles. The molecule has 3 nitrogen and oxygen atoms in total. The Balaban J connectivity index is 1.98. The van der Waals surface area contributed by atoms with E-state index in [4.69, 9.17) is 0 Å². The van der Waals surface area contributed by atoms with Crippen LogP contribution in [-0.4, -0.2) is 17.6 Å². The molecule has 4 heteroatoms. The molecule has 0 saturated heterocycles. The van der Waals surface area contributed by atoms with Crippen molar-refractivity contribution in [1.29, 1.82) is 0 Å². The molecule has 0 spiro atoms. The summed E-state index contributed by atoms with van der Waals surface area (Å²) in [4.78, 5) is 12.0. The third-order valence-electron chi connectivity index (χ3n) is 3.93. The van der Waals surface area contributed by atoms with Crippen LogP contribution in [0.3, 0.4) is 0 Å². The molecule has 98 valence electrons. The first-order valence-electron chi connectivity index (χ1n) is 6.21. The highest BCUT2D eigenvalue weighted by Gasteiger charge is 2.45. The second-order valence-electron chi connectivity index (χ2n) is 5.37. The fraction of sp³-hybridized carbons (Fsp3) is 0.500. The Kier molecular flexibility index (Phi) is 3.66. The molecule has 1 fully saturated rings. The van der Waals surface area contributed by atoms with Gasteiger partial charge in [-0.15, -0.1) is 0 Å². The van der Waals surface area contributed by atoms with Crippen LogP contribution in [0.2, 0.25) is 0 Å². The highest BCUT2D eigenvalue weighted by molar-refractivity contribution is 9.10. The van der Waals surface area contributed by atoms with Gasteiger partial charge in [0.25, 0.3) is 5.91 Å². The van der Waals surface area contributed by atoms with E-state index in [1.807, 2.05) is 0 Å². The van der Waals surface area contributed by atoms with Gasteiger partial charge in [-0.2, -0.15) is 0 Å². The lowest BCUT2D eigenvalue weighted by Crippen LogP contribution is -2.32. The van der Waals surface area contributed by atoms with Crippen LogP contribution in [0, 0.1) is 11.3 Å². The molecule has 0 atom stereocenters. The third-order valence-corrected chi connectivity index (χ3v) is 4.60. The van der Waals surface area contributed by atoms with Gasteiger partial charge in [0, 0.05) is 12.1 Å². The van der Waals surface area contributed by atoms with Gasteiger partial charge in [0.2, 0.25) is 0 Å². The van der Waals surface area contributed by atoms with Crippen LogP contribution < -0.4 is 5.32 Å². The number of nitrogens with one attached hydrogen (secondary N) is 1. The molecule has 1 amide bonds. The van der Waals surface area contributed by atoms with E-state index >= 15 is 0 Å². The zero-order valence-electron chi connectivity index (χ0n) is 10.7. The molecule has 1 aromatic carbocycles. The SMILES string of the molecule is CC(C)C1(CNC(=O)c2ccc(Br)c(O)c2)CC1. The summed E-state index contributed by atoms with van der Waals surface area (Å²) in [5.74, 6) is 0.563. The van der Waals surface area contributed by atoms with Gasteiger partial charge < -0.3 is 10.4 Å². The lowest BCUT2D eigenvalue weighted by atomic mass is 9.92. The maximum absolute atomic E-state index is 12.0. The first-order chi connectivity index (χ1) is 8.44. The number of hydrogen-bond acceptors (Lipinski definition) is 2. The molecule has 1 aromatic rings. The van der Waals surface area contributed by atoms with E-state index in [1.165, 1.54) is 18.9 Å². The second kappa shape index (κ2) is 4.92. The Labute approximate surface area is 116 Å². The molecular weight excluding hydrogens is 294 g/mol. The number of aromatic hydroxyl groups is 1. The number of amides is 1. The molecule has 1 aliphatic carbocycles. The number of carbonyl (C=O) groups is 1. The van der Waals surface area contributed by atoms with E-state index in [0.717, 1.165) is 6.54 Å². The number of hydrogen-bond donors (Lipinski definition) is 2. The quantitative estimate of drug-likeness (QED) is 0.896. The highest BCUT2D eigenvalue weighted by atomic mass is 79.9. The fourth-order valence-corrected chi connectivity index (χ4v) is 2.38. The maximum Gasteiger partial charge on any atom is 0.251 e. The van der Waals surface area contributed by atoms with Gasteiger partial charge in [-0.1, -0.05) is 13.8 Å². The predicted molar refractivity (Wildman–Crippen MR) is 74.6 cm³/mol. The van der Waals surface area contributed by atoms with E-state index in [2.05, 4.69) is 35.1 Å². The van der Waals surface area contributed by atoms with Crippen molar-refractivity contribution in [1.82, 2.24) is 5.32 Å². The fourth-order valence-electron chi connectivity index (χ4n) is 2.13. The number of rotatable bonds is 4. The van der Waals surface area contributed by atoms with Crippen LogP contribution >= 0.6 is 15.9 Å². The summed E-state index contributed by atoms with van der Waals surface area (Å²) in [6.07, 6.45) is 2.38. The molecule has 0 unspecified atom stereocenters. The van der Waals surface area contributed by atoms with Crippen molar-refractivity contribution >= 4 is 21.8 Å². The molecule has 2 rings (SSSR count). The predicted octanol–water partition coefficient (Wildman–Crippen LogP) is 3.32. The van der Waals surface area contributed by atoms with E-state index in [9.17, 15) is 9.90 Å². The van der Waals surface area contributed by atoms with Gasteiger partial charge in [-0.3, -0.25) is 4.79 Å². The number of halogens is 1. The van der Waals surface area contributed by atoms with Crippen LogP contribution in [-0.2, 0) is 0 Å². The van der Waals surface area contributed by atoms with Crippen molar-refractivity contribution in [3.63, 3.8) is 0 Å². The second-order valence-corrected chi connectivity index (χ2v) is 6.22. The molecule has 0 bridgehead atoms. The summed E-state index contributed by atoms with van der Waals surface area (Å²) in [7, 11) is 0. The summed E-state index contributed by atoms with van der Waals surface area (Å²) in [6.45, 7) is 5.12. The van der Waals surface area contributed by atoms with Gasteiger partial charge in [0.05, 0.1) is 4.47 Å². The standard InChI is InChI=1S/C14H18BrNO2/c1-9(2)14(5-6-14)8-16-13(18)10-3-4-11(15)12(17)7-10/h3-4,7,9,17H,5-6,8H2,1-2H3,(H,16,18). The smallest absolute Gasteiger partial charge is 0.251 e. The summed E-state index contributed by atoms with van der Waals surface area (Å²) in [6, 6.07) is 4.86. The summed E-state index contributed by atoms with van der Waals surface area (Å²) >= 11 is 3.20.